The molecule has 138 valence electrons. The van der Waals surface area contributed by atoms with Crippen LogP contribution in [0, 0.1) is 0 Å². The van der Waals surface area contributed by atoms with Gasteiger partial charge in [-0.15, -0.1) is 0 Å². The summed E-state index contributed by atoms with van der Waals surface area (Å²) < 4.78 is 30.8. The Morgan fingerprint density at radius 2 is 1.77 bits per heavy atom. The first-order valence-corrected chi connectivity index (χ1v) is 9.43. The maximum atomic E-state index is 12.3. The highest BCUT2D eigenvalue weighted by atomic mass is 32.2. The summed E-state index contributed by atoms with van der Waals surface area (Å²) in [5.41, 5.74) is 0.759. The average molecular weight is 376 g/mol. The molecule has 0 aliphatic rings. The van der Waals surface area contributed by atoms with Crippen LogP contribution in [0.2, 0.25) is 0 Å². The van der Waals surface area contributed by atoms with E-state index in [0.717, 1.165) is 0 Å². The lowest BCUT2D eigenvalue weighted by Crippen LogP contribution is -2.34. The third-order valence-electron chi connectivity index (χ3n) is 3.66. The number of anilines is 1. The molecule has 1 amide bonds. The molecule has 0 heterocycles. The van der Waals surface area contributed by atoms with Gasteiger partial charge in [-0.25, -0.2) is 17.9 Å². The van der Waals surface area contributed by atoms with Gasteiger partial charge in [-0.3, -0.25) is 4.79 Å². The van der Waals surface area contributed by atoms with Crippen molar-refractivity contribution in [2.45, 2.75) is 11.8 Å². The SMILES string of the molecule is CCN(C(=O)COC(=O)c1cccc(S(=O)(=O)NC)c1)c1ccccc1. The van der Waals surface area contributed by atoms with E-state index in [0.29, 0.717) is 12.2 Å². The van der Waals surface area contributed by atoms with E-state index in [9.17, 15) is 18.0 Å². The number of benzene rings is 2. The van der Waals surface area contributed by atoms with Crippen LogP contribution in [0.4, 0.5) is 5.69 Å². The molecule has 26 heavy (non-hydrogen) atoms. The van der Waals surface area contributed by atoms with Gasteiger partial charge in [0.15, 0.2) is 6.61 Å². The van der Waals surface area contributed by atoms with E-state index in [2.05, 4.69) is 4.72 Å². The van der Waals surface area contributed by atoms with E-state index in [1.165, 1.54) is 36.2 Å². The van der Waals surface area contributed by atoms with Crippen LogP contribution in [0.25, 0.3) is 0 Å². The average Bonchev–Trinajstić information content (AvgIpc) is 2.67. The van der Waals surface area contributed by atoms with Gasteiger partial charge in [0.25, 0.3) is 5.91 Å². The summed E-state index contributed by atoms with van der Waals surface area (Å²) in [5.74, 6) is -1.14. The summed E-state index contributed by atoms with van der Waals surface area (Å²) in [6.07, 6.45) is 0. The molecule has 2 aromatic carbocycles. The number of nitrogens with zero attached hydrogens (tertiary/aromatic N) is 1. The normalized spacial score (nSPS) is 11.0. The second kappa shape index (κ2) is 8.59. The van der Waals surface area contributed by atoms with E-state index in [1.54, 1.807) is 12.1 Å². The third kappa shape index (κ3) is 4.68. The zero-order valence-corrected chi connectivity index (χ0v) is 15.3. The fraction of sp³-hybridized carbons (Fsp3) is 0.222. The number of esters is 1. The largest absolute Gasteiger partial charge is 0.452 e. The summed E-state index contributed by atoms with van der Waals surface area (Å²) in [7, 11) is -2.39. The summed E-state index contributed by atoms with van der Waals surface area (Å²) in [5, 5.41) is 0. The maximum Gasteiger partial charge on any atom is 0.338 e. The second-order valence-corrected chi connectivity index (χ2v) is 7.17. The number of hydrogen-bond donors (Lipinski definition) is 1. The van der Waals surface area contributed by atoms with Gasteiger partial charge in [-0.1, -0.05) is 24.3 Å². The summed E-state index contributed by atoms with van der Waals surface area (Å²) in [6.45, 7) is 1.81. The molecule has 2 aromatic rings. The quantitative estimate of drug-likeness (QED) is 0.744. The molecule has 2 rings (SSSR count). The molecule has 7 nitrogen and oxygen atoms in total. The van der Waals surface area contributed by atoms with E-state index in [1.807, 2.05) is 25.1 Å². The smallest absolute Gasteiger partial charge is 0.338 e. The van der Waals surface area contributed by atoms with Crippen molar-refractivity contribution in [1.82, 2.24) is 4.72 Å². The zero-order chi connectivity index (χ0) is 19.2. The van der Waals surface area contributed by atoms with E-state index in [4.69, 9.17) is 4.74 Å². The van der Waals surface area contributed by atoms with Crippen molar-refractivity contribution in [3.63, 3.8) is 0 Å². The number of rotatable bonds is 7. The van der Waals surface area contributed by atoms with Crippen molar-refractivity contribution < 1.29 is 22.7 Å². The molecule has 0 aliphatic carbocycles. The van der Waals surface area contributed by atoms with Gasteiger partial charge < -0.3 is 9.64 Å². The summed E-state index contributed by atoms with van der Waals surface area (Å²) in [4.78, 5) is 25.9. The van der Waals surface area contributed by atoms with Gasteiger partial charge in [-0.05, 0) is 44.3 Å². The topological polar surface area (TPSA) is 92.8 Å². The molecule has 0 saturated carbocycles. The van der Waals surface area contributed by atoms with Crippen molar-refractivity contribution in [1.29, 1.82) is 0 Å². The van der Waals surface area contributed by atoms with Crippen LogP contribution in [0.5, 0.6) is 0 Å². The van der Waals surface area contributed by atoms with Gasteiger partial charge in [0.2, 0.25) is 10.0 Å². The molecule has 0 bridgehead atoms. The van der Waals surface area contributed by atoms with Crippen LogP contribution in [0.1, 0.15) is 17.3 Å². The number of nitrogens with one attached hydrogen (secondary N) is 1. The Balaban J connectivity index is 2.06. The maximum absolute atomic E-state index is 12.3. The van der Waals surface area contributed by atoms with Crippen LogP contribution in [-0.4, -0.2) is 40.5 Å². The van der Waals surface area contributed by atoms with Crippen LogP contribution >= 0.6 is 0 Å². The number of carbonyl (C=O) groups excluding carboxylic acids is 2. The highest BCUT2D eigenvalue weighted by molar-refractivity contribution is 7.89. The number of ether oxygens (including phenoxy) is 1. The molecule has 8 heteroatoms. The molecule has 0 radical (unpaired) electrons. The van der Waals surface area contributed by atoms with Gasteiger partial charge >= 0.3 is 5.97 Å². The lowest BCUT2D eigenvalue weighted by molar-refractivity contribution is -0.121. The molecule has 0 aliphatic heterocycles. The van der Waals surface area contributed by atoms with Crippen LogP contribution in [0.3, 0.4) is 0 Å². The molecular weight excluding hydrogens is 356 g/mol. The van der Waals surface area contributed by atoms with Gasteiger partial charge in [0.1, 0.15) is 0 Å². The zero-order valence-electron chi connectivity index (χ0n) is 14.5. The third-order valence-corrected chi connectivity index (χ3v) is 5.07. The van der Waals surface area contributed by atoms with Gasteiger partial charge in [-0.2, -0.15) is 0 Å². The number of hydrogen-bond acceptors (Lipinski definition) is 5. The van der Waals surface area contributed by atoms with Crippen LogP contribution < -0.4 is 9.62 Å². The van der Waals surface area contributed by atoms with Crippen molar-refractivity contribution in [3.05, 3.63) is 60.2 Å². The highest BCUT2D eigenvalue weighted by Crippen LogP contribution is 2.14. The van der Waals surface area contributed by atoms with Gasteiger partial charge in [0, 0.05) is 12.2 Å². The number of para-hydroxylation sites is 1. The predicted molar refractivity (Wildman–Crippen MR) is 97.4 cm³/mol. The minimum atomic E-state index is -3.67. The van der Waals surface area contributed by atoms with Crippen molar-refractivity contribution >= 4 is 27.6 Å². The van der Waals surface area contributed by atoms with Crippen molar-refractivity contribution in [2.24, 2.45) is 0 Å². The first-order chi connectivity index (χ1) is 12.4. The number of carbonyl (C=O) groups is 2. The molecule has 0 unspecified atom stereocenters. The molecule has 1 N–H and O–H groups in total. The Bertz CT molecular complexity index is 881. The minimum absolute atomic E-state index is 0.0527. The molecule has 0 saturated heterocycles. The first kappa shape index (κ1) is 19.6. The Hall–Kier alpha value is -2.71. The predicted octanol–water partition coefficient (Wildman–Crippen LogP) is 1.80. The fourth-order valence-electron chi connectivity index (χ4n) is 2.31. The van der Waals surface area contributed by atoms with E-state index >= 15 is 0 Å². The highest BCUT2D eigenvalue weighted by Gasteiger charge is 2.18. The molecule has 0 spiro atoms. The minimum Gasteiger partial charge on any atom is -0.452 e. The van der Waals surface area contributed by atoms with Crippen LogP contribution in [-0.2, 0) is 19.6 Å². The summed E-state index contributed by atoms with van der Waals surface area (Å²) >= 11 is 0. The lowest BCUT2D eigenvalue weighted by Gasteiger charge is -2.20. The Labute approximate surface area is 152 Å². The Kier molecular flexibility index (Phi) is 6.48. The fourth-order valence-corrected chi connectivity index (χ4v) is 3.08. The lowest BCUT2D eigenvalue weighted by atomic mass is 10.2. The van der Waals surface area contributed by atoms with E-state index in [-0.39, 0.29) is 16.4 Å². The van der Waals surface area contributed by atoms with Crippen molar-refractivity contribution in [2.75, 3.05) is 25.1 Å². The standard InChI is InChI=1S/C18H20N2O5S/c1-3-20(15-9-5-4-6-10-15)17(21)13-25-18(22)14-8-7-11-16(12-14)26(23,24)19-2/h4-12,19H,3,13H2,1-2H3. The molecule has 0 atom stereocenters. The van der Waals surface area contributed by atoms with Crippen molar-refractivity contribution in [3.8, 4) is 0 Å². The van der Waals surface area contributed by atoms with Gasteiger partial charge in [0.05, 0.1) is 10.5 Å². The molecular formula is C18H20N2O5S. The molecule has 0 fully saturated rings. The monoisotopic (exact) mass is 376 g/mol. The number of amides is 1. The summed E-state index contributed by atoms with van der Waals surface area (Å²) in [6, 6.07) is 14.5. The Morgan fingerprint density at radius 1 is 1.08 bits per heavy atom. The molecule has 0 aromatic heterocycles. The number of likely N-dealkylation sites (N-methyl/N-ethyl adjacent to an activating group) is 1. The number of sulfonamides is 1. The van der Waals surface area contributed by atoms with Crippen LogP contribution in [0.15, 0.2) is 59.5 Å². The first-order valence-electron chi connectivity index (χ1n) is 7.95. The Morgan fingerprint density at radius 3 is 2.38 bits per heavy atom. The second-order valence-electron chi connectivity index (χ2n) is 5.29. The van der Waals surface area contributed by atoms with E-state index < -0.39 is 22.6 Å².